The Balaban J connectivity index is 1.75. The summed E-state index contributed by atoms with van der Waals surface area (Å²) in [7, 11) is 2.20. The molecule has 0 spiro atoms. The molecule has 0 amide bonds. The van der Waals surface area contributed by atoms with Gasteiger partial charge in [0.2, 0.25) is 5.84 Å². The van der Waals surface area contributed by atoms with Crippen molar-refractivity contribution < 1.29 is 4.58 Å². The van der Waals surface area contributed by atoms with Crippen molar-refractivity contribution >= 4 is 5.84 Å². The fourth-order valence-electron chi connectivity index (χ4n) is 3.46. The minimum Gasteiger partial charge on any atom is -0.274 e. The zero-order valence-electron chi connectivity index (χ0n) is 16.6. The number of nitrogens with zero attached hydrogens (tertiary/aromatic N) is 1. The van der Waals surface area contributed by atoms with Crippen molar-refractivity contribution in [3.8, 4) is 0 Å². The van der Waals surface area contributed by atoms with Crippen LogP contribution in [-0.4, -0.2) is 30.5 Å². The van der Waals surface area contributed by atoms with Gasteiger partial charge in [-0.1, -0.05) is 76.9 Å². The molecule has 0 aromatic rings. The first kappa shape index (κ1) is 21.3. The van der Waals surface area contributed by atoms with Gasteiger partial charge >= 0.3 is 0 Å². The van der Waals surface area contributed by atoms with E-state index >= 15 is 0 Å². The molecule has 0 bridgehead atoms. The monoisotopic (exact) mass is 335 g/mol. The zero-order valence-corrected chi connectivity index (χ0v) is 16.6. The largest absolute Gasteiger partial charge is 0.274 e. The molecular weight excluding hydrogens is 292 g/mol. The van der Waals surface area contributed by atoms with Crippen LogP contribution in [0.15, 0.2) is 12.2 Å². The molecule has 2 nitrogen and oxygen atoms in total. The van der Waals surface area contributed by atoms with Crippen LogP contribution in [0.1, 0.15) is 103 Å². The smallest absolute Gasteiger partial charge is 0.244 e. The van der Waals surface area contributed by atoms with Crippen LogP contribution in [0.4, 0.5) is 0 Å². The lowest BCUT2D eigenvalue weighted by molar-refractivity contribution is -0.487. The first-order valence-corrected chi connectivity index (χ1v) is 10.8. The number of hydrogen-bond donors (Lipinski definition) is 1. The van der Waals surface area contributed by atoms with Crippen LogP contribution in [0.2, 0.25) is 0 Å². The van der Waals surface area contributed by atoms with Crippen molar-refractivity contribution in [1.29, 1.82) is 0 Å². The summed E-state index contributed by atoms with van der Waals surface area (Å²) < 4.78 is 2.37. The lowest BCUT2D eigenvalue weighted by Gasteiger charge is -2.01. The van der Waals surface area contributed by atoms with E-state index in [1.165, 1.54) is 109 Å². The number of hydrogen-bond acceptors (Lipinski definition) is 1. The van der Waals surface area contributed by atoms with Gasteiger partial charge < -0.3 is 0 Å². The van der Waals surface area contributed by atoms with E-state index in [1.54, 1.807) is 0 Å². The highest BCUT2D eigenvalue weighted by Crippen LogP contribution is 2.11. The molecule has 0 fully saturated rings. The number of amidine groups is 1. The van der Waals surface area contributed by atoms with Crippen LogP contribution in [0.5, 0.6) is 0 Å². The number of unbranched alkanes of at least 4 members (excludes halogenated alkanes) is 12. The number of nitrogens with one attached hydrogen (secondary N) is 1. The van der Waals surface area contributed by atoms with Gasteiger partial charge in [0.15, 0.2) is 0 Å². The average Bonchev–Trinajstić information content (AvgIpc) is 2.99. The van der Waals surface area contributed by atoms with E-state index < -0.39 is 0 Å². The maximum atomic E-state index is 3.49. The fraction of sp³-hybridized carbons (Fsp3) is 0.864. The highest BCUT2D eigenvalue weighted by Gasteiger charge is 2.15. The molecule has 2 heteroatoms. The Morgan fingerprint density at radius 1 is 0.792 bits per heavy atom. The van der Waals surface area contributed by atoms with Crippen LogP contribution >= 0.6 is 0 Å². The highest BCUT2D eigenvalue weighted by molar-refractivity contribution is 5.78. The standard InChI is InChI=1S/C22H42N2/c1-3-4-5-6-7-8-9-10-11-12-13-14-15-16-17-18-19-22-23-20-21-24(22)2/h10-11H,3-9,12-21H2,1-2H3/p+1. The van der Waals surface area contributed by atoms with Gasteiger partial charge in [0, 0.05) is 6.42 Å². The molecule has 0 atom stereocenters. The van der Waals surface area contributed by atoms with Crippen molar-refractivity contribution in [1.82, 2.24) is 5.32 Å². The molecule has 1 rings (SSSR count). The Bertz CT molecular complexity index is 344. The number of allylic oxidation sites excluding steroid dienone is 2. The Morgan fingerprint density at radius 3 is 1.88 bits per heavy atom. The van der Waals surface area contributed by atoms with Gasteiger partial charge in [0.05, 0.1) is 7.05 Å². The molecule has 0 aromatic heterocycles. The summed E-state index contributed by atoms with van der Waals surface area (Å²) in [5.74, 6) is 1.46. The van der Waals surface area contributed by atoms with Crippen molar-refractivity contribution in [3.05, 3.63) is 12.2 Å². The summed E-state index contributed by atoms with van der Waals surface area (Å²) in [6, 6.07) is 0. The highest BCUT2D eigenvalue weighted by atomic mass is 15.2. The van der Waals surface area contributed by atoms with Gasteiger partial charge in [-0.2, -0.15) is 0 Å². The summed E-state index contributed by atoms with van der Waals surface area (Å²) in [6.45, 7) is 4.61. The Morgan fingerprint density at radius 2 is 1.33 bits per heavy atom. The van der Waals surface area contributed by atoms with E-state index in [9.17, 15) is 0 Å². The molecule has 0 saturated heterocycles. The lowest BCUT2D eigenvalue weighted by Crippen LogP contribution is -2.20. The molecule has 0 aliphatic carbocycles. The van der Waals surface area contributed by atoms with Gasteiger partial charge in [-0.15, -0.1) is 0 Å². The Labute approximate surface area is 151 Å². The lowest BCUT2D eigenvalue weighted by atomic mass is 10.1. The molecule has 0 radical (unpaired) electrons. The van der Waals surface area contributed by atoms with E-state index in [-0.39, 0.29) is 0 Å². The number of likely N-dealkylation sites (N-methyl/N-ethyl adjacent to an activating group) is 1. The maximum Gasteiger partial charge on any atom is 0.244 e. The molecule has 1 heterocycles. The zero-order chi connectivity index (χ0) is 17.3. The third-order valence-corrected chi connectivity index (χ3v) is 5.16. The summed E-state index contributed by atoms with van der Waals surface area (Å²) in [6.07, 6.45) is 25.5. The fourth-order valence-corrected chi connectivity index (χ4v) is 3.46. The van der Waals surface area contributed by atoms with Gasteiger partial charge in [-0.05, 0) is 32.1 Å². The molecule has 1 aliphatic heterocycles. The van der Waals surface area contributed by atoms with Crippen LogP contribution < -0.4 is 5.32 Å². The second-order valence-corrected chi connectivity index (χ2v) is 7.48. The molecule has 0 aromatic carbocycles. The average molecular weight is 336 g/mol. The van der Waals surface area contributed by atoms with Crippen LogP contribution in [0.25, 0.3) is 0 Å². The van der Waals surface area contributed by atoms with Crippen molar-refractivity contribution in [2.75, 3.05) is 20.1 Å². The maximum absolute atomic E-state index is 3.49. The van der Waals surface area contributed by atoms with Crippen LogP contribution in [0.3, 0.4) is 0 Å². The Hall–Kier alpha value is -0.790. The summed E-state index contributed by atoms with van der Waals surface area (Å²) in [4.78, 5) is 0. The predicted molar refractivity (Wildman–Crippen MR) is 108 cm³/mol. The summed E-state index contributed by atoms with van der Waals surface area (Å²) in [5, 5.41) is 3.49. The first-order chi connectivity index (χ1) is 11.8. The Kier molecular flexibility index (Phi) is 13.9. The van der Waals surface area contributed by atoms with E-state index in [0.29, 0.717) is 0 Å². The minimum absolute atomic E-state index is 1.14. The molecular formula is C22H43N2+. The van der Waals surface area contributed by atoms with Gasteiger partial charge in [-0.3, -0.25) is 9.89 Å². The molecule has 1 aliphatic rings. The third kappa shape index (κ3) is 11.7. The molecule has 24 heavy (non-hydrogen) atoms. The van der Waals surface area contributed by atoms with Crippen molar-refractivity contribution in [3.63, 3.8) is 0 Å². The molecule has 140 valence electrons. The van der Waals surface area contributed by atoms with Gasteiger partial charge in [0.25, 0.3) is 0 Å². The third-order valence-electron chi connectivity index (χ3n) is 5.16. The van der Waals surface area contributed by atoms with Gasteiger partial charge in [-0.25, -0.2) is 0 Å². The van der Waals surface area contributed by atoms with Crippen molar-refractivity contribution in [2.24, 2.45) is 0 Å². The molecule has 0 unspecified atom stereocenters. The van der Waals surface area contributed by atoms with Crippen LogP contribution in [0, 0.1) is 0 Å². The first-order valence-electron chi connectivity index (χ1n) is 10.8. The van der Waals surface area contributed by atoms with E-state index in [2.05, 4.69) is 36.0 Å². The number of rotatable bonds is 16. The quantitative estimate of drug-likeness (QED) is 0.206. The minimum atomic E-state index is 1.14. The second-order valence-electron chi connectivity index (χ2n) is 7.48. The van der Waals surface area contributed by atoms with Crippen molar-refractivity contribution in [2.45, 2.75) is 103 Å². The SMILES string of the molecule is CCCCCCCCC=CCCCCCCCCC1=[N+](C)CCN1. The second kappa shape index (κ2) is 15.7. The topological polar surface area (TPSA) is 15.0 Å². The van der Waals surface area contributed by atoms with E-state index in [0.717, 1.165) is 6.54 Å². The van der Waals surface area contributed by atoms with E-state index in [1.807, 2.05) is 0 Å². The summed E-state index contributed by atoms with van der Waals surface area (Å²) >= 11 is 0. The molecule has 1 N–H and O–H groups in total. The normalized spacial score (nSPS) is 14.8. The summed E-state index contributed by atoms with van der Waals surface area (Å²) in [5.41, 5.74) is 0. The van der Waals surface area contributed by atoms with Crippen LogP contribution in [-0.2, 0) is 0 Å². The predicted octanol–water partition coefficient (Wildman–Crippen LogP) is 6.06. The van der Waals surface area contributed by atoms with E-state index in [4.69, 9.17) is 0 Å². The molecule has 0 saturated carbocycles. The van der Waals surface area contributed by atoms with Gasteiger partial charge in [0.1, 0.15) is 13.1 Å².